The Morgan fingerprint density at radius 2 is 2.15 bits per heavy atom. The molecule has 68 valence electrons. The summed E-state index contributed by atoms with van der Waals surface area (Å²) in [5, 5.41) is 8.89. The van der Waals surface area contributed by atoms with Gasteiger partial charge >= 0.3 is 0 Å². The van der Waals surface area contributed by atoms with Crippen LogP contribution in [0.4, 0.5) is 0 Å². The van der Waals surface area contributed by atoms with Crippen LogP contribution in [-0.2, 0) is 0 Å². The lowest BCUT2D eigenvalue weighted by molar-refractivity contribution is 0.970. The van der Waals surface area contributed by atoms with Crippen LogP contribution in [0.1, 0.15) is 27.2 Å². The van der Waals surface area contributed by atoms with Gasteiger partial charge in [-0.3, -0.25) is 0 Å². The molecule has 0 saturated heterocycles. The number of nitrogens with zero attached hydrogens (tertiary/aromatic N) is 2. The van der Waals surface area contributed by atoms with Crippen molar-refractivity contribution in [1.29, 1.82) is 5.26 Å². The second-order valence-corrected chi connectivity index (χ2v) is 3.53. The summed E-state index contributed by atoms with van der Waals surface area (Å²) >= 11 is 5.04. The highest BCUT2D eigenvalue weighted by Crippen LogP contribution is 2.25. The van der Waals surface area contributed by atoms with E-state index in [2.05, 4.69) is 18.0 Å². The van der Waals surface area contributed by atoms with Crippen molar-refractivity contribution in [3.8, 4) is 6.07 Å². The van der Waals surface area contributed by atoms with Gasteiger partial charge in [-0.2, -0.15) is 5.26 Å². The van der Waals surface area contributed by atoms with Crippen molar-refractivity contribution in [2.75, 3.05) is 0 Å². The molecule has 3 heteroatoms. The summed E-state index contributed by atoms with van der Waals surface area (Å²) in [5.41, 5.74) is 3.22. The molecule has 1 heterocycles. The Balaban J connectivity index is 3.19. The SMILES string of the molecule is CCC1=C(C)C(C#N)C(=S)N=C1C. The zero-order chi connectivity index (χ0) is 10.0. The molecule has 0 saturated carbocycles. The molecule has 13 heavy (non-hydrogen) atoms. The highest BCUT2D eigenvalue weighted by Gasteiger charge is 2.23. The van der Waals surface area contributed by atoms with E-state index in [0.717, 1.165) is 17.7 Å². The molecule has 1 unspecified atom stereocenters. The van der Waals surface area contributed by atoms with Crippen molar-refractivity contribution in [1.82, 2.24) is 0 Å². The van der Waals surface area contributed by atoms with Gasteiger partial charge in [0.25, 0.3) is 0 Å². The van der Waals surface area contributed by atoms with Gasteiger partial charge in [-0.05, 0) is 31.4 Å². The number of allylic oxidation sites excluding steroid dienone is 1. The first-order valence-electron chi connectivity index (χ1n) is 4.30. The van der Waals surface area contributed by atoms with E-state index >= 15 is 0 Å². The fourth-order valence-corrected chi connectivity index (χ4v) is 2.00. The zero-order valence-corrected chi connectivity index (χ0v) is 8.90. The van der Waals surface area contributed by atoms with Gasteiger partial charge in [-0.1, -0.05) is 19.1 Å². The predicted octanol–water partition coefficient (Wildman–Crippen LogP) is 2.65. The first-order chi connectivity index (χ1) is 6.11. The van der Waals surface area contributed by atoms with Crippen LogP contribution in [0.25, 0.3) is 0 Å². The Labute approximate surface area is 84.0 Å². The summed E-state index contributed by atoms with van der Waals surface area (Å²) in [5.74, 6) is -0.284. The molecule has 0 aromatic heterocycles. The van der Waals surface area contributed by atoms with Crippen LogP contribution >= 0.6 is 12.2 Å². The van der Waals surface area contributed by atoms with Crippen LogP contribution in [-0.4, -0.2) is 10.7 Å². The first-order valence-corrected chi connectivity index (χ1v) is 4.71. The monoisotopic (exact) mass is 192 g/mol. The standard InChI is InChI=1S/C10H12N2S/c1-4-8-6(2)9(5-11)10(13)12-7(8)3/h9H,4H2,1-3H3. The van der Waals surface area contributed by atoms with Crippen molar-refractivity contribution in [3.05, 3.63) is 11.1 Å². The molecular weight excluding hydrogens is 180 g/mol. The van der Waals surface area contributed by atoms with Gasteiger partial charge in [0.15, 0.2) is 0 Å². The summed E-state index contributed by atoms with van der Waals surface area (Å²) in [4.78, 5) is 4.71. The normalized spacial score (nSPS) is 22.8. The number of aliphatic imine (C=N–C) groups is 1. The lowest BCUT2D eigenvalue weighted by atomic mass is 9.90. The molecule has 0 bridgehead atoms. The smallest absolute Gasteiger partial charge is 0.124 e. The van der Waals surface area contributed by atoms with E-state index in [1.807, 2.05) is 13.8 Å². The Bertz CT molecular complexity index is 344. The van der Waals surface area contributed by atoms with Gasteiger partial charge in [0.05, 0.1) is 6.07 Å². The van der Waals surface area contributed by atoms with Crippen LogP contribution in [0.15, 0.2) is 16.1 Å². The van der Waals surface area contributed by atoms with Gasteiger partial charge in [0.2, 0.25) is 0 Å². The summed E-state index contributed by atoms with van der Waals surface area (Å²) in [6.07, 6.45) is 0.919. The fourth-order valence-electron chi connectivity index (χ4n) is 1.63. The van der Waals surface area contributed by atoms with E-state index in [9.17, 15) is 0 Å². The second-order valence-electron chi connectivity index (χ2n) is 3.11. The zero-order valence-electron chi connectivity index (χ0n) is 8.09. The van der Waals surface area contributed by atoms with E-state index in [0.29, 0.717) is 4.99 Å². The van der Waals surface area contributed by atoms with E-state index in [1.54, 1.807) is 0 Å². The summed E-state index contributed by atoms with van der Waals surface area (Å²) in [7, 11) is 0. The molecule has 0 radical (unpaired) electrons. The molecule has 0 aromatic rings. The third-order valence-electron chi connectivity index (χ3n) is 2.35. The minimum absolute atomic E-state index is 0.284. The van der Waals surface area contributed by atoms with Gasteiger partial charge in [-0.15, -0.1) is 0 Å². The number of nitriles is 1. The van der Waals surface area contributed by atoms with Crippen LogP contribution in [0, 0.1) is 17.2 Å². The molecule has 2 nitrogen and oxygen atoms in total. The molecule has 0 amide bonds. The number of dihydropyridines is 1. The topological polar surface area (TPSA) is 36.1 Å². The van der Waals surface area contributed by atoms with E-state index < -0.39 is 0 Å². The molecular formula is C10H12N2S. The van der Waals surface area contributed by atoms with Gasteiger partial charge in [0, 0.05) is 5.71 Å². The fraction of sp³-hybridized carbons (Fsp3) is 0.500. The quantitative estimate of drug-likeness (QED) is 0.599. The predicted molar refractivity (Wildman–Crippen MR) is 57.8 cm³/mol. The summed E-state index contributed by atoms with van der Waals surface area (Å²) in [6.45, 7) is 5.99. The molecule has 0 aliphatic carbocycles. The largest absolute Gasteiger partial charge is 0.245 e. The molecule has 0 N–H and O–H groups in total. The molecule has 1 aliphatic rings. The highest BCUT2D eigenvalue weighted by atomic mass is 32.1. The molecule has 0 fully saturated rings. The van der Waals surface area contributed by atoms with Crippen LogP contribution in [0.3, 0.4) is 0 Å². The van der Waals surface area contributed by atoms with Gasteiger partial charge < -0.3 is 0 Å². The highest BCUT2D eigenvalue weighted by molar-refractivity contribution is 7.80. The Hall–Kier alpha value is -1.01. The van der Waals surface area contributed by atoms with Crippen LogP contribution in [0.2, 0.25) is 0 Å². The minimum atomic E-state index is -0.284. The molecule has 1 aliphatic heterocycles. The number of thiocarbonyl (C=S) groups is 1. The number of rotatable bonds is 1. The van der Waals surface area contributed by atoms with Crippen molar-refractivity contribution < 1.29 is 0 Å². The lowest BCUT2D eigenvalue weighted by Crippen LogP contribution is -2.20. The first kappa shape index (κ1) is 10.1. The van der Waals surface area contributed by atoms with Crippen molar-refractivity contribution in [2.24, 2.45) is 10.9 Å². The molecule has 0 aromatic carbocycles. The third-order valence-corrected chi connectivity index (χ3v) is 2.68. The number of hydrogen-bond donors (Lipinski definition) is 0. The Morgan fingerprint density at radius 1 is 1.54 bits per heavy atom. The van der Waals surface area contributed by atoms with Crippen molar-refractivity contribution in [2.45, 2.75) is 27.2 Å². The summed E-state index contributed by atoms with van der Waals surface area (Å²) < 4.78 is 0. The Kier molecular flexibility index (Phi) is 2.94. The summed E-state index contributed by atoms with van der Waals surface area (Å²) in [6, 6.07) is 2.18. The Morgan fingerprint density at radius 3 is 2.62 bits per heavy atom. The van der Waals surface area contributed by atoms with Crippen LogP contribution < -0.4 is 0 Å². The lowest BCUT2D eigenvalue weighted by Gasteiger charge is -2.19. The minimum Gasteiger partial charge on any atom is -0.245 e. The van der Waals surface area contributed by atoms with Gasteiger partial charge in [-0.25, -0.2) is 4.99 Å². The molecule has 0 spiro atoms. The maximum absolute atomic E-state index is 8.89. The van der Waals surface area contributed by atoms with E-state index in [-0.39, 0.29) is 5.92 Å². The van der Waals surface area contributed by atoms with Crippen molar-refractivity contribution in [3.63, 3.8) is 0 Å². The second kappa shape index (κ2) is 3.80. The maximum atomic E-state index is 8.89. The maximum Gasteiger partial charge on any atom is 0.124 e. The van der Waals surface area contributed by atoms with Crippen LogP contribution in [0.5, 0.6) is 0 Å². The molecule has 1 rings (SSSR count). The van der Waals surface area contributed by atoms with Crippen molar-refractivity contribution >= 4 is 22.9 Å². The van der Waals surface area contributed by atoms with Gasteiger partial charge in [0.1, 0.15) is 10.9 Å². The molecule has 1 atom stereocenters. The average Bonchev–Trinajstić information content (AvgIpc) is 2.04. The third kappa shape index (κ3) is 1.68. The van der Waals surface area contributed by atoms with E-state index in [1.165, 1.54) is 5.57 Å². The average molecular weight is 192 g/mol. The van der Waals surface area contributed by atoms with E-state index in [4.69, 9.17) is 17.5 Å². The number of hydrogen-bond acceptors (Lipinski definition) is 2.